The molecule has 7 rings (SSSR count). The summed E-state index contributed by atoms with van der Waals surface area (Å²) in [5.74, 6) is -0.0218. The number of benzene rings is 3. The minimum atomic E-state index is -0.529. The van der Waals surface area contributed by atoms with Gasteiger partial charge in [0.2, 0.25) is 0 Å². The fraction of sp³-hybridized carbons (Fsp3) is 0.182. The first-order valence-electron chi connectivity index (χ1n) is 13.7. The molecule has 0 unspecified atom stereocenters. The number of nitrogens with zero attached hydrogens (tertiary/aromatic N) is 2. The van der Waals surface area contributed by atoms with E-state index >= 15 is 0 Å². The second-order valence-electron chi connectivity index (χ2n) is 10.6. The average Bonchev–Trinajstić information content (AvgIpc) is 3.59. The zero-order valence-electron chi connectivity index (χ0n) is 22.4. The Morgan fingerprint density at radius 3 is 2.68 bits per heavy atom. The number of anilines is 2. The van der Waals surface area contributed by atoms with Gasteiger partial charge >= 0.3 is 0 Å². The van der Waals surface area contributed by atoms with Crippen LogP contribution >= 0.6 is 0 Å². The number of carbonyl (C=O) groups is 2. The van der Waals surface area contributed by atoms with Gasteiger partial charge in [0, 0.05) is 40.4 Å². The van der Waals surface area contributed by atoms with E-state index in [0.29, 0.717) is 41.5 Å². The van der Waals surface area contributed by atoms with Gasteiger partial charge in [0.1, 0.15) is 11.6 Å². The highest BCUT2D eigenvalue weighted by molar-refractivity contribution is 6.09. The van der Waals surface area contributed by atoms with Crippen molar-refractivity contribution >= 4 is 23.2 Å². The smallest absolute Gasteiger partial charge is 0.291 e. The van der Waals surface area contributed by atoms with Crippen LogP contribution in [-0.4, -0.2) is 28.6 Å². The summed E-state index contributed by atoms with van der Waals surface area (Å²) < 4.78 is 20.4. The highest BCUT2D eigenvalue weighted by Crippen LogP contribution is 2.43. The Morgan fingerprint density at radius 1 is 1.02 bits per heavy atom. The van der Waals surface area contributed by atoms with Crippen LogP contribution in [0.25, 0.3) is 22.5 Å². The predicted octanol–water partition coefficient (Wildman–Crippen LogP) is 7.12. The highest BCUT2D eigenvalue weighted by atomic mass is 19.1. The van der Waals surface area contributed by atoms with Crippen LogP contribution in [0, 0.1) is 12.7 Å². The van der Waals surface area contributed by atoms with E-state index < -0.39 is 11.7 Å². The lowest BCUT2D eigenvalue weighted by atomic mass is 10.0. The number of aromatic nitrogens is 2. The average molecular weight is 547 g/mol. The van der Waals surface area contributed by atoms with Crippen molar-refractivity contribution in [3.63, 3.8) is 0 Å². The number of aromatic amines is 1. The molecule has 8 heteroatoms. The number of furan rings is 1. The van der Waals surface area contributed by atoms with Crippen LogP contribution in [-0.2, 0) is 6.42 Å². The Labute approximate surface area is 236 Å². The van der Waals surface area contributed by atoms with Crippen LogP contribution in [0.3, 0.4) is 0 Å². The molecule has 0 bridgehead atoms. The molecule has 0 radical (unpaired) electrons. The number of rotatable bonds is 5. The largest absolute Gasteiger partial charge is 0.451 e. The van der Waals surface area contributed by atoms with Crippen molar-refractivity contribution in [2.24, 2.45) is 0 Å². The second kappa shape index (κ2) is 9.89. The summed E-state index contributed by atoms with van der Waals surface area (Å²) in [6.45, 7) is 2.13. The minimum Gasteiger partial charge on any atom is -0.451 e. The van der Waals surface area contributed by atoms with Crippen molar-refractivity contribution in [3.8, 4) is 22.5 Å². The van der Waals surface area contributed by atoms with E-state index in [2.05, 4.69) is 15.5 Å². The molecule has 5 aromatic rings. The van der Waals surface area contributed by atoms with Gasteiger partial charge in [-0.15, -0.1) is 0 Å². The molecule has 1 saturated carbocycles. The third-order valence-corrected chi connectivity index (χ3v) is 7.86. The van der Waals surface area contributed by atoms with Crippen LogP contribution in [0.4, 0.5) is 15.8 Å². The lowest BCUT2D eigenvalue weighted by Crippen LogP contribution is -2.32. The fourth-order valence-electron chi connectivity index (χ4n) is 5.57. The van der Waals surface area contributed by atoms with Crippen LogP contribution < -0.4 is 10.2 Å². The summed E-state index contributed by atoms with van der Waals surface area (Å²) in [7, 11) is 0. The Balaban J connectivity index is 1.19. The lowest BCUT2D eigenvalue weighted by Gasteiger charge is -2.23. The number of H-pyrrole nitrogens is 1. The van der Waals surface area contributed by atoms with E-state index in [1.807, 2.05) is 54.7 Å². The lowest BCUT2D eigenvalue weighted by molar-refractivity contribution is 0.0982. The topological polar surface area (TPSA) is 91.2 Å². The van der Waals surface area contributed by atoms with Gasteiger partial charge in [0.25, 0.3) is 11.8 Å². The third kappa shape index (κ3) is 4.51. The molecule has 2 N–H and O–H groups in total. The van der Waals surface area contributed by atoms with Gasteiger partial charge in [-0.2, -0.15) is 5.10 Å². The van der Waals surface area contributed by atoms with E-state index in [0.717, 1.165) is 40.8 Å². The number of hydrogen-bond donors (Lipinski definition) is 2. The number of fused-ring (bicyclic) bond motifs is 3. The zero-order valence-corrected chi connectivity index (χ0v) is 22.4. The van der Waals surface area contributed by atoms with Gasteiger partial charge in [-0.25, -0.2) is 4.39 Å². The van der Waals surface area contributed by atoms with Crippen LogP contribution in [0.15, 0.2) is 83.4 Å². The second-order valence-corrected chi connectivity index (χ2v) is 10.6. The van der Waals surface area contributed by atoms with Gasteiger partial charge in [0.05, 0.1) is 17.6 Å². The quantitative estimate of drug-likeness (QED) is 0.246. The number of amides is 2. The SMILES string of the molecule is Cc1cccc(F)c1NC(=O)c1cc2c(o1)-c1ccccc1N(C(=O)c1cccc(-c3cn[nH]c3C3CC3)c1)CC2. The molecule has 0 spiro atoms. The maximum atomic E-state index is 14.3. The summed E-state index contributed by atoms with van der Waals surface area (Å²) in [6.07, 6.45) is 4.62. The van der Waals surface area contributed by atoms with Gasteiger partial charge < -0.3 is 14.6 Å². The Hall–Kier alpha value is -4.98. The summed E-state index contributed by atoms with van der Waals surface area (Å²) in [4.78, 5) is 28.8. The van der Waals surface area contributed by atoms with E-state index in [9.17, 15) is 14.0 Å². The number of halogens is 1. The van der Waals surface area contributed by atoms with E-state index in [1.165, 1.54) is 6.07 Å². The summed E-state index contributed by atoms with van der Waals surface area (Å²) in [5, 5.41) is 10.0. The first-order chi connectivity index (χ1) is 20.0. The number of hydrogen-bond acceptors (Lipinski definition) is 4. The predicted molar refractivity (Wildman–Crippen MR) is 155 cm³/mol. The molecule has 0 atom stereocenters. The van der Waals surface area contributed by atoms with Crippen molar-refractivity contribution in [1.29, 1.82) is 0 Å². The molecule has 1 fully saturated rings. The van der Waals surface area contributed by atoms with Gasteiger partial charge in [0.15, 0.2) is 5.76 Å². The van der Waals surface area contributed by atoms with Crippen molar-refractivity contribution in [2.75, 3.05) is 16.8 Å². The number of para-hydroxylation sites is 2. The molecule has 2 aromatic heterocycles. The molecule has 2 amide bonds. The Bertz CT molecular complexity index is 1800. The number of carbonyl (C=O) groups excluding carboxylic acids is 2. The molecule has 204 valence electrons. The third-order valence-electron chi connectivity index (χ3n) is 7.86. The summed E-state index contributed by atoms with van der Waals surface area (Å²) in [6, 6.07) is 21.5. The van der Waals surface area contributed by atoms with E-state index in [4.69, 9.17) is 4.42 Å². The first kappa shape index (κ1) is 25.0. The monoisotopic (exact) mass is 546 g/mol. The van der Waals surface area contributed by atoms with Crippen LogP contribution in [0.1, 0.15) is 56.5 Å². The van der Waals surface area contributed by atoms with Gasteiger partial charge in [-0.1, -0.05) is 36.4 Å². The number of nitrogens with one attached hydrogen (secondary N) is 2. The molecular weight excluding hydrogens is 519 g/mol. The Morgan fingerprint density at radius 2 is 1.85 bits per heavy atom. The van der Waals surface area contributed by atoms with E-state index in [1.54, 1.807) is 30.0 Å². The standard InChI is InChI=1S/C33H27FN4O3/c1-19-6-4-10-26(34)29(19)36-32(39)28-17-22-14-15-38(27-11-3-2-9-24(27)31(22)41-28)33(40)23-8-5-7-21(16-23)25-18-35-37-30(25)20-12-13-20/h2-11,16-18,20H,12-15H2,1H3,(H,35,37)(H,36,39). The molecular formula is C33H27FN4O3. The molecule has 1 aliphatic heterocycles. The summed E-state index contributed by atoms with van der Waals surface area (Å²) >= 11 is 0. The molecule has 2 aliphatic rings. The van der Waals surface area contributed by atoms with E-state index in [-0.39, 0.29) is 17.4 Å². The maximum Gasteiger partial charge on any atom is 0.291 e. The normalized spacial score (nSPS) is 14.2. The van der Waals surface area contributed by atoms with Crippen LogP contribution in [0.5, 0.6) is 0 Å². The van der Waals surface area contributed by atoms with Crippen molar-refractivity contribution in [2.45, 2.75) is 32.1 Å². The first-order valence-corrected chi connectivity index (χ1v) is 13.7. The van der Waals surface area contributed by atoms with Crippen LogP contribution in [0.2, 0.25) is 0 Å². The molecule has 7 nitrogen and oxygen atoms in total. The van der Waals surface area contributed by atoms with Crippen molar-refractivity contribution in [1.82, 2.24) is 10.2 Å². The highest BCUT2D eigenvalue weighted by Gasteiger charge is 2.30. The molecule has 41 heavy (non-hydrogen) atoms. The van der Waals surface area contributed by atoms with Crippen molar-refractivity contribution < 1.29 is 18.4 Å². The number of aryl methyl sites for hydroxylation is 1. The molecule has 1 aliphatic carbocycles. The minimum absolute atomic E-state index is 0.0894. The van der Waals surface area contributed by atoms with Gasteiger partial charge in [-0.05, 0) is 73.7 Å². The summed E-state index contributed by atoms with van der Waals surface area (Å²) in [5.41, 5.74) is 6.69. The van der Waals surface area contributed by atoms with Crippen molar-refractivity contribution in [3.05, 3.63) is 113 Å². The molecule has 0 saturated heterocycles. The maximum absolute atomic E-state index is 14.3. The Kier molecular flexibility index (Phi) is 6.03. The fourth-order valence-corrected chi connectivity index (χ4v) is 5.57. The zero-order chi connectivity index (χ0) is 28.1. The molecule has 3 heterocycles. The van der Waals surface area contributed by atoms with Gasteiger partial charge in [-0.3, -0.25) is 14.7 Å². The molecule has 3 aromatic carbocycles.